The summed E-state index contributed by atoms with van der Waals surface area (Å²) in [6.07, 6.45) is 11.8. The van der Waals surface area contributed by atoms with Gasteiger partial charge < -0.3 is 4.90 Å². The van der Waals surface area contributed by atoms with Crippen molar-refractivity contribution in [3.63, 3.8) is 0 Å². The van der Waals surface area contributed by atoms with Gasteiger partial charge in [0.05, 0.1) is 17.1 Å². The van der Waals surface area contributed by atoms with Gasteiger partial charge in [-0.2, -0.15) is 0 Å². The molecule has 0 radical (unpaired) electrons. The summed E-state index contributed by atoms with van der Waals surface area (Å²) < 4.78 is 0. The molecular weight excluding hydrogens is 687 g/mol. The molecule has 1 nitrogen and oxygen atoms in total. The second-order valence-electron chi connectivity index (χ2n) is 22.2. The van der Waals surface area contributed by atoms with Crippen LogP contribution in [0.2, 0.25) is 0 Å². The Hall–Kier alpha value is -4.10. The summed E-state index contributed by atoms with van der Waals surface area (Å²) in [5.41, 5.74) is 19.7. The lowest BCUT2D eigenvalue weighted by Crippen LogP contribution is -2.55. The minimum atomic E-state index is 0.0387. The molecule has 0 atom stereocenters. The first kappa shape index (κ1) is 36.0. The van der Waals surface area contributed by atoms with Gasteiger partial charge in [-0.05, 0) is 171 Å². The molecule has 7 aliphatic carbocycles. The molecule has 1 spiro atoms. The van der Waals surface area contributed by atoms with Crippen LogP contribution in [0.15, 0.2) is 103 Å². The van der Waals surface area contributed by atoms with Crippen molar-refractivity contribution in [3.8, 4) is 22.3 Å². The zero-order valence-corrected chi connectivity index (χ0v) is 35.9. The Balaban J connectivity index is 1.28. The molecule has 5 aromatic rings. The maximum atomic E-state index is 2.84. The van der Waals surface area contributed by atoms with Gasteiger partial charge in [-0.15, -0.1) is 0 Å². The highest BCUT2D eigenvalue weighted by molar-refractivity contribution is 6.02. The fourth-order valence-electron chi connectivity index (χ4n) is 14.5. The maximum Gasteiger partial charge on any atom is 0.0543 e. The van der Waals surface area contributed by atoms with Crippen LogP contribution in [0, 0.1) is 23.7 Å². The Morgan fingerprint density at radius 2 is 0.842 bits per heavy atom. The molecule has 0 aliphatic heterocycles. The molecule has 0 aromatic heterocycles. The van der Waals surface area contributed by atoms with Gasteiger partial charge in [-0.25, -0.2) is 0 Å². The smallest absolute Gasteiger partial charge is 0.0543 e. The predicted molar refractivity (Wildman–Crippen MR) is 240 cm³/mol. The predicted octanol–water partition coefficient (Wildman–Crippen LogP) is 15.2. The minimum Gasteiger partial charge on any atom is -0.309 e. The quantitative estimate of drug-likeness (QED) is 0.177. The number of rotatable bonds is 4. The van der Waals surface area contributed by atoms with E-state index in [1.807, 2.05) is 0 Å². The number of hydrogen-bond donors (Lipinski definition) is 0. The van der Waals surface area contributed by atoms with Crippen LogP contribution in [0.5, 0.6) is 0 Å². The Bertz CT molecular complexity index is 2330. The summed E-state index contributed by atoms with van der Waals surface area (Å²) >= 11 is 0. The van der Waals surface area contributed by atoms with E-state index < -0.39 is 0 Å². The Morgan fingerprint density at radius 1 is 0.404 bits per heavy atom. The van der Waals surface area contributed by atoms with Gasteiger partial charge in [0.15, 0.2) is 0 Å². The number of hydrogen-bond acceptors (Lipinski definition) is 1. The summed E-state index contributed by atoms with van der Waals surface area (Å²) in [6.45, 7) is 20.1. The maximum absolute atomic E-state index is 2.84. The van der Waals surface area contributed by atoms with E-state index in [0.717, 1.165) is 11.8 Å². The first-order valence-electron chi connectivity index (χ1n) is 22.6. The molecule has 12 rings (SSSR count). The third-order valence-corrected chi connectivity index (χ3v) is 17.1. The van der Waals surface area contributed by atoms with Crippen LogP contribution < -0.4 is 4.90 Å². The Labute approximate surface area is 343 Å². The summed E-state index contributed by atoms with van der Waals surface area (Å²) in [6, 6.07) is 41.1. The Morgan fingerprint density at radius 3 is 1.37 bits per heavy atom. The largest absolute Gasteiger partial charge is 0.309 e. The summed E-state index contributed by atoms with van der Waals surface area (Å²) in [4.78, 5) is 2.84. The number of anilines is 3. The molecule has 4 saturated carbocycles. The second-order valence-corrected chi connectivity index (χ2v) is 22.2. The highest BCUT2D eigenvalue weighted by Gasteiger charge is 2.62. The van der Waals surface area contributed by atoms with Gasteiger partial charge in [-0.1, -0.05) is 140 Å². The van der Waals surface area contributed by atoms with E-state index in [9.17, 15) is 0 Å². The average molecular weight is 750 g/mol. The molecule has 4 fully saturated rings. The van der Waals surface area contributed by atoms with E-state index in [-0.39, 0.29) is 27.1 Å². The van der Waals surface area contributed by atoms with E-state index in [1.54, 1.807) is 22.3 Å². The minimum absolute atomic E-state index is 0.0387. The van der Waals surface area contributed by atoms with E-state index in [4.69, 9.17) is 0 Å². The van der Waals surface area contributed by atoms with Crippen molar-refractivity contribution >= 4 is 17.1 Å². The van der Waals surface area contributed by atoms with Crippen molar-refractivity contribution < 1.29 is 0 Å². The van der Waals surface area contributed by atoms with Crippen LogP contribution in [0.4, 0.5) is 17.1 Å². The van der Waals surface area contributed by atoms with E-state index in [0.29, 0.717) is 11.8 Å². The van der Waals surface area contributed by atoms with Crippen molar-refractivity contribution in [1.82, 2.24) is 0 Å². The third-order valence-electron chi connectivity index (χ3n) is 17.1. The molecule has 57 heavy (non-hydrogen) atoms. The molecule has 0 saturated heterocycles. The zero-order valence-electron chi connectivity index (χ0n) is 35.9. The van der Waals surface area contributed by atoms with Crippen molar-refractivity contribution in [1.29, 1.82) is 0 Å². The lowest BCUT2D eigenvalue weighted by Gasteiger charge is -2.61. The topological polar surface area (TPSA) is 3.24 Å². The molecule has 5 aromatic carbocycles. The molecule has 0 heterocycles. The van der Waals surface area contributed by atoms with Crippen LogP contribution >= 0.6 is 0 Å². The second kappa shape index (κ2) is 12.0. The summed E-state index contributed by atoms with van der Waals surface area (Å²) in [5, 5.41) is 0. The lowest BCUT2D eigenvalue weighted by molar-refractivity contribution is -0.0399. The summed E-state index contributed by atoms with van der Waals surface area (Å²) in [7, 11) is 0. The van der Waals surface area contributed by atoms with E-state index >= 15 is 0 Å². The molecular formula is C56H63N. The molecule has 292 valence electrons. The first-order chi connectivity index (χ1) is 27.2. The molecule has 0 unspecified atom stereocenters. The van der Waals surface area contributed by atoms with Crippen LogP contribution in [-0.2, 0) is 27.1 Å². The van der Waals surface area contributed by atoms with Gasteiger partial charge in [0, 0.05) is 11.0 Å². The molecule has 4 bridgehead atoms. The highest BCUT2D eigenvalue weighted by Crippen LogP contribution is 2.71. The van der Waals surface area contributed by atoms with Crippen LogP contribution in [0.25, 0.3) is 22.3 Å². The number of nitrogens with zero attached hydrogens (tertiary/aromatic N) is 1. The van der Waals surface area contributed by atoms with Gasteiger partial charge in [0.1, 0.15) is 0 Å². The van der Waals surface area contributed by atoms with E-state index in [2.05, 4.69) is 163 Å². The van der Waals surface area contributed by atoms with Crippen molar-refractivity contribution in [2.75, 3.05) is 4.90 Å². The zero-order chi connectivity index (χ0) is 39.3. The van der Waals surface area contributed by atoms with Crippen LogP contribution in [0.3, 0.4) is 0 Å². The van der Waals surface area contributed by atoms with E-state index in [1.165, 1.54) is 108 Å². The number of benzene rings is 5. The normalized spacial score (nSPS) is 28.7. The third kappa shape index (κ3) is 4.93. The number of fused-ring (bicyclic) bond motifs is 5. The highest BCUT2D eigenvalue weighted by atomic mass is 15.2. The lowest BCUT2D eigenvalue weighted by atomic mass is 9.43. The van der Waals surface area contributed by atoms with Crippen LogP contribution in [-0.4, -0.2) is 0 Å². The molecule has 7 aliphatic rings. The van der Waals surface area contributed by atoms with Crippen molar-refractivity contribution in [2.24, 2.45) is 23.7 Å². The van der Waals surface area contributed by atoms with Gasteiger partial charge in [-0.3, -0.25) is 0 Å². The van der Waals surface area contributed by atoms with Gasteiger partial charge >= 0.3 is 0 Å². The Kier molecular flexibility index (Phi) is 7.58. The summed E-state index contributed by atoms with van der Waals surface area (Å²) in [5.74, 6) is 3.23. The molecule has 1 heteroatoms. The molecule has 0 N–H and O–H groups in total. The average Bonchev–Trinajstić information content (AvgIpc) is 3.49. The monoisotopic (exact) mass is 749 g/mol. The molecule has 0 amide bonds. The SMILES string of the molecule is CC1(C)CCC(C)(C)c2c(N(c3cccc4c3-c3c(-c5ccccc5)cccc3C43C4CC5CC(C4)CC3C5)c3cccc4c3C(C)(C)CCC4(C)C)cccc21. The van der Waals surface area contributed by atoms with Crippen molar-refractivity contribution in [2.45, 2.75) is 140 Å². The standard InChI is InChI=1S/C56H63N/c1-52(2)26-28-54(5,6)50-43(52)21-14-24-46(50)57(47-25-15-22-44-51(47)55(7,8)29-27-53(44,3)4)45-23-13-20-42-49(45)48-40(37-16-10-9-11-17-37)18-12-19-41(48)56(42)38-31-35-30-36(33-38)34-39(56)32-35/h9-25,35-36,38-39H,26-34H2,1-8H3. The van der Waals surface area contributed by atoms with Gasteiger partial charge in [0.2, 0.25) is 0 Å². The fraction of sp³-hybridized carbons (Fsp3) is 0.464. The fourth-order valence-corrected chi connectivity index (χ4v) is 14.5. The van der Waals surface area contributed by atoms with Crippen molar-refractivity contribution in [3.05, 3.63) is 137 Å². The van der Waals surface area contributed by atoms with Gasteiger partial charge in [0.25, 0.3) is 0 Å². The first-order valence-corrected chi connectivity index (χ1v) is 22.6. The van der Waals surface area contributed by atoms with Crippen LogP contribution in [0.1, 0.15) is 147 Å².